The fourth-order valence-corrected chi connectivity index (χ4v) is 7.18. The van der Waals surface area contributed by atoms with Gasteiger partial charge in [0.1, 0.15) is 12.4 Å². The number of aliphatic carboxylic acids is 1. The number of carboxylic acid groups (broad SMARTS) is 1. The summed E-state index contributed by atoms with van der Waals surface area (Å²) in [7, 11) is -3.13. The van der Waals surface area contributed by atoms with E-state index in [2.05, 4.69) is 53.3 Å². The number of rotatable bonds is 9. The molecule has 2 saturated heterocycles. The summed E-state index contributed by atoms with van der Waals surface area (Å²) in [6, 6.07) is 12.6. The lowest BCUT2D eigenvalue weighted by Gasteiger charge is -2.33. The minimum atomic E-state index is -3.13. The first-order chi connectivity index (χ1) is 19.6. The number of piperidine rings is 1. The quantitative estimate of drug-likeness (QED) is 0.387. The molecule has 2 fully saturated rings. The van der Waals surface area contributed by atoms with Crippen LogP contribution in [-0.2, 0) is 28.0 Å². The third-order valence-electron chi connectivity index (χ3n) is 8.01. The van der Waals surface area contributed by atoms with E-state index in [0.717, 1.165) is 58.5 Å². The van der Waals surface area contributed by atoms with Crippen molar-refractivity contribution in [2.75, 3.05) is 50.4 Å². The Kier molecular flexibility index (Phi) is 8.98. The highest BCUT2D eigenvalue weighted by Gasteiger charge is 2.26. The van der Waals surface area contributed by atoms with Gasteiger partial charge in [-0.15, -0.1) is 11.3 Å². The summed E-state index contributed by atoms with van der Waals surface area (Å²) in [6.45, 7) is 9.31. The van der Waals surface area contributed by atoms with Crippen molar-refractivity contribution in [3.05, 3.63) is 64.0 Å². The van der Waals surface area contributed by atoms with Gasteiger partial charge in [0, 0.05) is 56.8 Å². The van der Waals surface area contributed by atoms with Crippen LogP contribution in [0.5, 0.6) is 5.75 Å². The van der Waals surface area contributed by atoms with Gasteiger partial charge >= 0.3 is 5.97 Å². The zero-order valence-corrected chi connectivity index (χ0v) is 25.5. The number of benzene rings is 2. The maximum atomic E-state index is 11.8. The van der Waals surface area contributed by atoms with Gasteiger partial charge in [-0.25, -0.2) is 13.4 Å². The molecule has 220 valence electrons. The molecule has 9 nitrogen and oxygen atoms in total. The Morgan fingerprint density at radius 1 is 1.05 bits per heavy atom. The van der Waals surface area contributed by atoms with Gasteiger partial charge in [-0.3, -0.25) is 9.69 Å². The molecule has 2 aliphatic heterocycles. The Balaban J connectivity index is 1.22. The highest BCUT2D eigenvalue weighted by Crippen LogP contribution is 2.36. The maximum Gasteiger partial charge on any atom is 0.306 e. The van der Waals surface area contributed by atoms with Gasteiger partial charge in [0.25, 0.3) is 0 Å². The Bertz CT molecular complexity index is 1490. The van der Waals surface area contributed by atoms with Gasteiger partial charge in [-0.2, -0.15) is 4.31 Å². The van der Waals surface area contributed by atoms with Crippen LogP contribution >= 0.6 is 11.3 Å². The molecule has 0 spiro atoms. The van der Waals surface area contributed by atoms with Crippen LogP contribution in [-0.4, -0.2) is 79.2 Å². The van der Waals surface area contributed by atoms with Crippen molar-refractivity contribution in [3.63, 3.8) is 0 Å². The first kappa shape index (κ1) is 29.5. The van der Waals surface area contributed by atoms with Crippen molar-refractivity contribution in [1.29, 1.82) is 0 Å². The van der Waals surface area contributed by atoms with E-state index >= 15 is 0 Å². The molecule has 2 aliphatic rings. The Morgan fingerprint density at radius 3 is 2.44 bits per heavy atom. The number of hydrogen-bond donors (Lipinski definition) is 1. The second-order valence-corrected chi connectivity index (χ2v) is 13.9. The van der Waals surface area contributed by atoms with Gasteiger partial charge in [0.15, 0.2) is 5.13 Å². The van der Waals surface area contributed by atoms with Crippen LogP contribution < -0.4 is 9.64 Å². The molecule has 2 aromatic carbocycles. The van der Waals surface area contributed by atoms with Crippen LogP contribution in [0.4, 0.5) is 5.13 Å². The van der Waals surface area contributed by atoms with Crippen molar-refractivity contribution in [2.24, 2.45) is 5.92 Å². The molecular formula is C30H38N4O5S2. The van der Waals surface area contributed by atoms with Crippen molar-refractivity contribution in [1.82, 2.24) is 14.2 Å². The first-order valence-corrected chi connectivity index (χ1v) is 16.7. The van der Waals surface area contributed by atoms with Crippen molar-refractivity contribution in [3.8, 4) is 17.0 Å². The molecule has 0 bridgehead atoms. The molecule has 0 radical (unpaired) electrons. The Hall–Kier alpha value is -2.99. The van der Waals surface area contributed by atoms with Gasteiger partial charge in [-0.1, -0.05) is 29.8 Å². The summed E-state index contributed by atoms with van der Waals surface area (Å²) in [5.74, 6) is -0.192. The van der Waals surface area contributed by atoms with E-state index in [1.165, 1.54) is 11.8 Å². The fraction of sp³-hybridized carbons (Fsp3) is 0.467. The lowest BCUT2D eigenvalue weighted by Crippen LogP contribution is -2.47. The Labute approximate surface area is 246 Å². The van der Waals surface area contributed by atoms with Gasteiger partial charge in [0.05, 0.1) is 17.9 Å². The molecule has 1 aromatic heterocycles. The monoisotopic (exact) mass is 598 g/mol. The van der Waals surface area contributed by atoms with Crippen molar-refractivity contribution in [2.45, 2.75) is 39.8 Å². The SMILES string of the molecule is Cc1ccc(OCc2ccc(CN3CCN(S(C)(=O)=O)CC3)cc2C)c(-c2csc(N3CCC(C(=O)O)CC3)n2)c1. The van der Waals surface area contributed by atoms with Crippen LogP contribution in [0, 0.1) is 19.8 Å². The molecule has 0 aliphatic carbocycles. The van der Waals surface area contributed by atoms with E-state index in [4.69, 9.17) is 9.72 Å². The molecule has 41 heavy (non-hydrogen) atoms. The van der Waals surface area contributed by atoms with Crippen molar-refractivity contribution < 1.29 is 23.1 Å². The van der Waals surface area contributed by atoms with Gasteiger partial charge < -0.3 is 14.7 Å². The standard InChI is InChI=1S/C30H38N4O5S2/c1-21-4-7-28(26(16-21)27-20-40-30(31-27)33-10-8-24(9-11-33)29(35)36)39-19-25-6-5-23(17-22(25)2)18-32-12-14-34(15-13-32)41(3,37)38/h4-7,16-17,20,24H,8-15,18-19H2,1-3H3,(H,35,36). The van der Waals surface area contributed by atoms with Crippen LogP contribution in [0.25, 0.3) is 11.3 Å². The number of ether oxygens (including phenoxy) is 1. The number of nitrogens with zero attached hydrogens (tertiary/aromatic N) is 4. The smallest absolute Gasteiger partial charge is 0.306 e. The van der Waals surface area contributed by atoms with E-state index in [-0.39, 0.29) is 5.92 Å². The predicted octanol–water partition coefficient (Wildman–Crippen LogP) is 4.38. The fourth-order valence-electron chi connectivity index (χ4n) is 5.47. The normalized spacial score (nSPS) is 17.6. The van der Waals surface area contributed by atoms with E-state index < -0.39 is 16.0 Å². The summed E-state index contributed by atoms with van der Waals surface area (Å²) >= 11 is 1.58. The van der Waals surface area contributed by atoms with Crippen LogP contribution in [0.15, 0.2) is 41.8 Å². The first-order valence-electron chi connectivity index (χ1n) is 14.0. The molecule has 5 rings (SSSR count). The summed E-state index contributed by atoms with van der Waals surface area (Å²) in [5.41, 5.74) is 6.43. The summed E-state index contributed by atoms with van der Waals surface area (Å²) < 4.78 is 31.5. The number of carbonyl (C=O) groups is 1. The zero-order chi connectivity index (χ0) is 29.1. The van der Waals surface area contributed by atoms with Crippen LogP contribution in [0.3, 0.4) is 0 Å². The van der Waals surface area contributed by atoms with E-state index in [1.54, 1.807) is 15.6 Å². The topological polar surface area (TPSA) is 103 Å². The third-order valence-corrected chi connectivity index (χ3v) is 10.2. The lowest BCUT2D eigenvalue weighted by atomic mass is 9.97. The minimum absolute atomic E-state index is 0.266. The van der Waals surface area contributed by atoms with Crippen LogP contribution in [0.2, 0.25) is 0 Å². The molecular weight excluding hydrogens is 560 g/mol. The van der Waals surface area contributed by atoms with E-state index in [1.807, 2.05) is 12.1 Å². The number of hydrogen-bond acceptors (Lipinski definition) is 8. The lowest BCUT2D eigenvalue weighted by molar-refractivity contribution is -0.142. The average molecular weight is 599 g/mol. The highest BCUT2D eigenvalue weighted by molar-refractivity contribution is 7.88. The van der Waals surface area contributed by atoms with E-state index in [9.17, 15) is 18.3 Å². The highest BCUT2D eigenvalue weighted by atomic mass is 32.2. The number of aromatic nitrogens is 1. The number of aryl methyl sites for hydroxylation is 2. The summed E-state index contributed by atoms with van der Waals surface area (Å²) in [6.07, 6.45) is 2.55. The zero-order valence-electron chi connectivity index (χ0n) is 23.9. The Morgan fingerprint density at radius 2 is 1.78 bits per heavy atom. The minimum Gasteiger partial charge on any atom is -0.488 e. The number of anilines is 1. The van der Waals surface area contributed by atoms with Crippen LogP contribution in [0.1, 0.15) is 35.1 Å². The molecule has 0 atom stereocenters. The molecule has 3 heterocycles. The number of carboxylic acids is 1. The van der Waals surface area contributed by atoms with E-state index in [0.29, 0.717) is 45.6 Å². The van der Waals surface area contributed by atoms with Gasteiger partial charge in [0.2, 0.25) is 10.0 Å². The molecule has 11 heteroatoms. The number of piperazine rings is 1. The summed E-state index contributed by atoms with van der Waals surface area (Å²) in [4.78, 5) is 20.7. The second kappa shape index (κ2) is 12.5. The molecule has 0 amide bonds. The van der Waals surface area contributed by atoms with Gasteiger partial charge in [-0.05, 0) is 55.5 Å². The third kappa shape index (κ3) is 7.27. The second-order valence-electron chi connectivity index (χ2n) is 11.1. The number of thiazole rings is 1. The molecule has 1 N–H and O–H groups in total. The number of sulfonamides is 1. The predicted molar refractivity (Wildman–Crippen MR) is 162 cm³/mol. The molecule has 3 aromatic rings. The molecule has 0 unspecified atom stereocenters. The summed E-state index contributed by atoms with van der Waals surface area (Å²) in [5, 5.41) is 12.3. The largest absolute Gasteiger partial charge is 0.488 e. The van der Waals surface area contributed by atoms with Crippen molar-refractivity contribution >= 4 is 32.5 Å². The maximum absolute atomic E-state index is 11.8. The molecule has 0 saturated carbocycles. The average Bonchev–Trinajstić information content (AvgIpc) is 3.43.